The van der Waals surface area contributed by atoms with Gasteiger partial charge in [0.15, 0.2) is 0 Å². The molecule has 2 fully saturated rings. The van der Waals surface area contributed by atoms with E-state index in [1.807, 2.05) is 23.1 Å². The fourth-order valence-electron chi connectivity index (χ4n) is 5.42. The van der Waals surface area contributed by atoms with Crippen LogP contribution in [0.2, 0.25) is 0 Å². The molecule has 166 valence electrons. The second kappa shape index (κ2) is 9.49. The SMILES string of the molecule is OCCn1ncc(-c2ccnc(N3CCCC3)n2)c1C1CCCN1CC1=CCCCC1. The van der Waals surface area contributed by atoms with Crippen LogP contribution in [0.25, 0.3) is 11.3 Å². The number of aliphatic hydroxyl groups excluding tert-OH is 1. The molecule has 7 nitrogen and oxygen atoms in total. The smallest absolute Gasteiger partial charge is 0.225 e. The number of rotatable bonds is 7. The summed E-state index contributed by atoms with van der Waals surface area (Å²) < 4.78 is 2.01. The highest BCUT2D eigenvalue weighted by molar-refractivity contribution is 5.63. The van der Waals surface area contributed by atoms with Crippen molar-refractivity contribution in [3.05, 3.63) is 35.8 Å². The maximum atomic E-state index is 9.67. The van der Waals surface area contributed by atoms with Gasteiger partial charge >= 0.3 is 0 Å². The lowest BCUT2D eigenvalue weighted by molar-refractivity contribution is 0.241. The fourth-order valence-corrected chi connectivity index (χ4v) is 5.42. The molecule has 4 heterocycles. The minimum atomic E-state index is 0.0921. The Hall–Kier alpha value is -2.25. The van der Waals surface area contributed by atoms with E-state index in [0.29, 0.717) is 12.6 Å². The highest BCUT2D eigenvalue weighted by atomic mass is 16.3. The second-order valence-corrected chi connectivity index (χ2v) is 9.06. The molecule has 1 atom stereocenters. The van der Waals surface area contributed by atoms with Crippen molar-refractivity contribution < 1.29 is 5.11 Å². The predicted octanol–water partition coefficient (Wildman–Crippen LogP) is 3.57. The van der Waals surface area contributed by atoms with Gasteiger partial charge in [0.25, 0.3) is 0 Å². The maximum absolute atomic E-state index is 9.67. The van der Waals surface area contributed by atoms with E-state index in [0.717, 1.165) is 49.8 Å². The molecule has 2 aliphatic heterocycles. The number of anilines is 1. The Labute approximate surface area is 184 Å². The Bertz CT molecular complexity index is 917. The molecule has 1 N–H and O–H groups in total. The molecule has 1 unspecified atom stereocenters. The molecule has 0 bridgehead atoms. The number of nitrogens with zero attached hydrogens (tertiary/aromatic N) is 6. The van der Waals surface area contributed by atoms with Crippen molar-refractivity contribution in [1.82, 2.24) is 24.6 Å². The lowest BCUT2D eigenvalue weighted by atomic mass is 9.98. The van der Waals surface area contributed by atoms with Gasteiger partial charge in [-0.3, -0.25) is 9.58 Å². The molecule has 3 aliphatic rings. The van der Waals surface area contributed by atoms with E-state index in [1.165, 1.54) is 50.6 Å². The summed E-state index contributed by atoms with van der Waals surface area (Å²) in [6.45, 7) is 4.85. The molecule has 0 spiro atoms. The van der Waals surface area contributed by atoms with Crippen LogP contribution < -0.4 is 4.90 Å². The molecule has 31 heavy (non-hydrogen) atoms. The van der Waals surface area contributed by atoms with Crippen LogP contribution in [0.1, 0.15) is 63.1 Å². The van der Waals surface area contributed by atoms with Crippen molar-refractivity contribution in [3.63, 3.8) is 0 Å². The summed E-state index contributed by atoms with van der Waals surface area (Å²) in [5, 5.41) is 14.3. The lowest BCUT2D eigenvalue weighted by Crippen LogP contribution is -2.28. The van der Waals surface area contributed by atoms with E-state index in [1.54, 1.807) is 5.57 Å². The lowest BCUT2D eigenvalue weighted by Gasteiger charge is -2.28. The number of aliphatic hydroxyl groups is 1. The van der Waals surface area contributed by atoms with E-state index in [-0.39, 0.29) is 6.61 Å². The standard InChI is InChI=1S/C24H34N6O/c31-16-15-30-23(22-9-6-14-29(22)18-19-7-2-1-3-8-19)20(17-26-30)21-10-11-25-24(27-21)28-12-4-5-13-28/h7,10-11,17,22,31H,1-6,8-9,12-16,18H2. The summed E-state index contributed by atoms with van der Waals surface area (Å²) in [5.41, 5.74) is 4.82. The van der Waals surface area contributed by atoms with Gasteiger partial charge in [-0.15, -0.1) is 0 Å². The van der Waals surface area contributed by atoms with Crippen molar-refractivity contribution in [2.24, 2.45) is 0 Å². The van der Waals surface area contributed by atoms with Crippen molar-refractivity contribution in [3.8, 4) is 11.3 Å². The maximum Gasteiger partial charge on any atom is 0.225 e. The molecular weight excluding hydrogens is 388 g/mol. The van der Waals surface area contributed by atoms with Crippen LogP contribution in [0.5, 0.6) is 0 Å². The van der Waals surface area contributed by atoms with Crippen molar-refractivity contribution in [2.75, 3.05) is 37.7 Å². The summed E-state index contributed by atoms with van der Waals surface area (Å²) in [7, 11) is 0. The first-order valence-electron chi connectivity index (χ1n) is 12.0. The van der Waals surface area contributed by atoms with Crippen LogP contribution in [0.4, 0.5) is 5.95 Å². The second-order valence-electron chi connectivity index (χ2n) is 9.06. The minimum Gasteiger partial charge on any atom is -0.394 e. The van der Waals surface area contributed by atoms with Gasteiger partial charge in [-0.1, -0.05) is 11.6 Å². The Balaban J connectivity index is 1.47. The third-order valence-corrected chi connectivity index (χ3v) is 6.97. The number of allylic oxidation sites excluding steroid dienone is 1. The average molecular weight is 423 g/mol. The van der Waals surface area contributed by atoms with Gasteiger partial charge in [-0.25, -0.2) is 9.97 Å². The van der Waals surface area contributed by atoms with E-state index in [4.69, 9.17) is 4.98 Å². The zero-order chi connectivity index (χ0) is 21.0. The molecule has 0 saturated carbocycles. The molecule has 5 rings (SSSR count). The third kappa shape index (κ3) is 4.39. The van der Waals surface area contributed by atoms with Crippen LogP contribution in [0.3, 0.4) is 0 Å². The molecule has 2 aromatic rings. The van der Waals surface area contributed by atoms with Gasteiger partial charge in [0.05, 0.1) is 36.8 Å². The predicted molar refractivity (Wildman–Crippen MR) is 122 cm³/mol. The van der Waals surface area contributed by atoms with Crippen LogP contribution in [0.15, 0.2) is 30.1 Å². The normalized spacial score (nSPS) is 22.3. The highest BCUT2D eigenvalue weighted by Crippen LogP contribution is 2.38. The summed E-state index contributed by atoms with van der Waals surface area (Å²) in [5.74, 6) is 0.825. The van der Waals surface area contributed by atoms with Crippen molar-refractivity contribution in [2.45, 2.75) is 64.0 Å². The number of likely N-dealkylation sites (tertiary alicyclic amines) is 1. The molecule has 1 aliphatic carbocycles. The van der Waals surface area contributed by atoms with Crippen molar-refractivity contribution >= 4 is 5.95 Å². The Kier molecular flexibility index (Phi) is 6.32. The zero-order valence-corrected chi connectivity index (χ0v) is 18.4. The third-order valence-electron chi connectivity index (χ3n) is 6.97. The van der Waals surface area contributed by atoms with E-state index < -0.39 is 0 Å². The topological polar surface area (TPSA) is 70.3 Å². The molecular formula is C24H34N6O. The van der Waals surface area contributed by atoms with E-state index in [2.05, 4.69) is 26.0 Å². The number of hydrogen-bond acceptors (Lipinski definition) is 6. The van der Waals surface area contributed by atoms with Gasteiger partial charge < -0.3 is 10.0 Å². The monoisotopic (exact) mass is 422 g/mol. The highest BCUT2D eigenvalue weighted by Gasteiger charge is 2.32. The Morgan fingerprint density at radius 3 is 2.77 bits per heavy atom. The van der Waals surface area contributed by atoms with Crippen LogP contribution in [-0.4, -0.2) is 62.5 Å². The molecule has 0 amide bonds. The first kappa shape index (κ1) is 20.6. The van der Waals surface area contributed by atoms with E-state index >= 15 is 0 Å². The molecule has 7 heteroatoms. The average Bonchev–Trinajstić information content (AvgIpc) is 3.56. The van der Waals surface area contributed by atoms with Gasteiger partial charge in [-0.2, -0.15) is 5.10 Å². The van der Waals surface area contributed by atoms with E-state index in [9.17, 15) is 5.11 Å². The van der Waals surface area contributed by atoms with Crippen LogP contribution in [-0.2, 0) is 6.54 Å². The molecule has 0 radical (unpaired) electrons. The zero-order valence-electron chi connectivity index (χ0n) is 18.4. The van der Waals surface area contributed by atoms with Gasteiger partial charge in [-0.05, 0) is 64.0 Å². The summed E-state index contributed by atoms with van der Waals surface area (Å²) >= 11 is 0. The quantitative estimate of drug-likeness (QED) is 0.688. The summed E-state index contributed by atoms with van der Waals surface area (Å²) in [6.07, 6.45) is 16.1. The number of aromatic nitrogens is 4. The summed E-state index contributed by atoms with van der Waals surface area (Å²) in [4.78, 5) is 14.4. The Morgan fingerprint density at radius 2 is 1.97 bits per heavy atom. The fraction of sp³-hybridized carbons (Fsp3) is 0.625. The largest absolute Gasteiger partial charge is 0.394 e. The molecule has 0 aromatic carbocycles. The van der Waals surface area contributed by atoms with Gasteiger partial charge in [0.1, 0.15) is 0 Å². The minimum absolute atomic E-state index is 0.0921. The first-order chi connectivity index (χ1) is 15.3. The molecule has 2 saturated heterocycles. The van der Waals surface area contributed by atoms with Crippen LogP contribution in [0, 0.1) is 0 Å². The molecule has 2 aromatic heterocycles. The van der Waals surface area contributed by atoms with Crippen LogP contribution >= 0.6 is 0 Å². The number of hydrogen-bond donors (Lipinski definition) is 1. The Morgan fingerprint density at radius 1 is 1.06 bits per heavy atom. The van der Waals surface area contributed by atoms with Gasteiger partial charge in [0.2, 0.25) is 5.95 Å². The van der Waals surface area contributed by atoms with Gasteiger partial charge in [0, 0.05) is 31.4 Å². The van der Waals surface area contributed by atoms with Crippen molar-refractivity contribution in [1.29, 1.82) is 0 Å². The first-order valence-corrected chi connectivity index (χ1v) is 12.0. The summed E-state index contributed by atoms with van der Waals surface area (Å²) in [6, 6.07) is 2.32.